The van der Waals surface area contributed by atoms with Crippen LogP contribution in [-0.2, 0) is 11.2 Å². The van der Waals surface area contributed by atoms with Gasteiger partial charge in [0.05, 0.1) is 24.1 Å². The molecule has 0 radical (unpaired) electrons. The first-order valence-electron chi connectivity index (χ1n) is 12.4. The Morgan fingerprint density at radius 2 is 1.97 bits per heavy atom. The third kappa shape index (κ3) is 5.30. The first-order valence-corrected chi connectivity index (χ1v) is 12.4. The summed E-state index contributed by atoms with van der Waals surface area (Å²) >= 11 is 0. The van der Waals surface area contributed by atoms with Gasteiger partial charge in [0.25, 0.3) is 0 Å². The number of benzene rings is 2. The number of hydrogen-bond donors (Lipinski definition) is 1. The summed E-state index contributed by atoms with van der Waals surface area (Å²) in [5.74, 6) is 2.87. The minimum atomic E-state index is 0.230. The van der Waals surface area contributed by atoms with E-state index >= 15 is 0 Å². The van der Waals surface area contributed by atoms with Gasteiger partial charge in [0.15, 0.2) is 0 Å². The molecule has 35 heavy (non-hydrogen) atoms. The number of carbonyl (C=O) groups excluding carboxylic acids is 1. The molecule has 7 heteroatoms. The van der Waals surface area contributed by atoms with Gasteiger partial charge < -0.3 is 14.5 Å². The second-order valence-corrected chi connectivity index (χ2v) is 9.55. The number of ether oxygens (including phenoxy) is 2. The molecule has 5 rings (SSSR count). The predicted molar refractivity (Wildman–Crippen MR) is 137 cm³/mol. The van der Waals surface area contributed by atoms with Crippen LogP contribution in [0.1, 0.15) is 37.9 Å². The van der Waals surface area contributed by atoms with E-state index in [1.165, 1.54) is 6.33 Å². The van der Waals surface area contributed by atoms with E-state index in [4.69, 9.17) is 9.47 Å². The van der Waals surface area contributed by atoms with Gasteiger partial charge in [-0.1, -0.05) is 6.92 Å². The van der Waals surface area contributed by atoms with Crippen LogP contribution in [0.2, 0.25) is 0 Å². The molecule has 182 valence electrons. The van der Waals surface area contributed by atoms with E-state index in [0.29, 0.717) is 24.9 Å². The number of piperidine rings is 1. The van der Waals surface area contributed by atoms with Gasteiger partial charge in [-0.25, -0.2) is 9.97 Å². The van der Waals surface area contributed by atoms with E-state index in [0.717, 1.165) is 76.9 Å². The summed E-state index contributed by atoms with van der Waals surface area (Å²) in [7, 11) is 0. The summed E-state index contributed by atoms with van der Waals surface area (Å²) in [4.78, 5) is 25.9. The first-order chi connectivity index (χ1) is 17.0. The molecule has 0 atom stereocenters. The molecule has 1 fully saturated rings. The van der Waals surface area contributed by atoms with Crippen LogP contribution in [0.25, 0.3) is 21.8 Å². The number of aromatic amines is 1. The topological polar surface area (TPSA) is 80.3 Å². The second kappa shape index (κ2) is 10.0. The van der Waals surface area contributed by atoms with Crippen LogP contribution in [0.3, 0.4) is 0 Å². The van der Waals surface area contributed by atoms with E-state index in [9.17, 15) is 4.79 Å². The fourth-order valence-electron chi connectivity index (χ4n) is 4.86. The van der Waals surface area contributed by atoms with E-state index in [1.807, 2.05) is 31.2 Å². The molecule has 4 aromatic rings. The van der Waals surface area contributed by atoms with Gasteiger partial charge in [-0.2, -0.15) is 0 Å². The summed E-state index contributed by atoms with van der Waals surface area (Å²) < 4.78 is 12.5. The lowest BCUT2D eigenvalue weighted by atomic mass is 9.97. The van der Waals surface area contributed by atoms with Crippen molar-refractivity contribution in [1.82, 2.24) is 19.9 Å². The summed E-state index contributed by atoms with van der Waals surface area (Å²) in [6.07, 6.45) is 4.47. The fourth-order valence-corrected chi connectivity index (χ4v) is 4.86. The van der Waals surface area contributed by atoms with Crippen molar-refractivity contribution in [2.24, 2.45) is 5.92 Å². The van der Waals surface area contributed by atoms with Gasteiger partial charge in [0, 0.05) is 23.3 Å². The van der Waals surface area contributed by atoms with Gasteiger partial charge >= 0.3 is 0 Å². The van der Waals surface area contributed by atoms with E-state index in [1.54, 1.807) is 6.92 Å². The highest BCUT2D eigenvalue weighted by Crippen LogP contribution is 2.33. The van der Waals surface area contributed by atoms with Gasteiger partial charge in [-0.05, 0) is 87.3 Å². The van der Waals surface area contributed by atoms with Crippen LogP contribution < -0.4 is 9.47 Å². The third-order valence-electron chi connectivity index (χ3n) is 6.73. The fraction of sp³-hybridized carbons (Fsp3) is 0.393. The smallest absolute Gasteiger partial charge is 0.230 e. The maximum atomic E-state index is 11.4. The molecule has 0 unspecified atom stereocenters. The van der Waals surface area contributed by atoms with Crippen molar-refractivity contribution >= 4 is 27.6 Å². The van der Waals surface area contributed by atoms with Crippen molar-refractivity contribution < 1.29 is 14.3 Å². The Morgan fingerprint density at radius 1 is 1.14 bits per heavy atom. The van der Waals surface area contributed by atoms with Crippen molar-refractivity contribution in [3.63, 3.8) is 0 Å². The van der Waals surface area contributed by atoms with Crippen molar-refractivity contribution in [3.8, 4) is 17.4 Å². The number of carbonyl (C=O) groups is 1. The number of nitrogens with zero attached hydrogens (tertiary/aromatic N) is 3. The molecule has 0 aliphatic carbocycles. The molecule has 0 spiro atoms. The highest BCUT2D eigenvalue weighted by atomic mass is 16.5. The lowest BCUT2D eigenvalue weighted by Gasteiger charge is -2.31. The highest BCUT2D eigenvalue weighted by Gasteiger charge is 2.21. The van der Waals surface area contributed by atoms with Gasteiger partial charge in [-0.15, -0.1) is 0 Å². The molecular weight excluding hydrogens is 440 g/mol. The predicted octanol–water partition coefficient (Wildman–Crippen LogP) is 5.45. The summed E-state index contributed by atoms with van der Waals surface area (Å²) in [6.45, 7) is 8.96. The maximum Gasteiger partial charge on any atom is 0.230 e. The van der Waals surface area contributed by atoms with Gasteiger partial charge in [0.2, 0.25) is 5.88 Å². The lowest BCUT2D eigenvalue weighted by molar-refractivity contribution is -0.118. The van der Waals surface area contributed by atoms with Crippen LogP contribution in [0.5, 0.6) is 17.4 Å². The molecule has 1 N–H and O–H groups in total. The number of hydrogen-bond acceptors (Lipinski definition) is 6. The Kier molecular flexibility index (Phi) is 6.68. The molecule has 0 amide bonds. The van der Waals surface area contributed by atoms with E-state index < -0.39 is 0 Å². The minimum absolute atomic E-state index is 0.230. The van der Waals surface area contributed by atoms with Crippen LogP contribution in [0.4, 0.5) is 0 Å². The largest absolute Gasteiger partial charge is 0.493 e. The zero-order valence-corrected chi connectivity index (χ0v) is 20.6. The van der Waals surface area contributed by atoms with Gasteiger partial charge in [0.1, 0.15) is 23.6 Å². The lowest BCUT2D eigenvalue weighted by Crippen LogP contribution is -2.38. The molecule has 7 nitrogen and oxygen atoms in total. The summed E-state index contributed by atoms with van der Waals surface area (Å²) in [5.41, 5.74) is 4.07. The number of rotatable bonds is 8. The monoisotopic (exact) mass is 472 g/mol. The number of fused-ring (bicyclic) bond motifs is 2. The molecular formula is C28H32N4O3. The Bertz CT molecular complexity index is 1360. The zero-order chi connectivity index (χ0) is 24.4. The summed E-state index contributed by atoms with van der Waals surface area (Å²) in [6, 6.07) is 12.2. The number of Topliss-reactive ketones (excluding diaryl/α,β-unsaturated/α-hetero) is 1. The number of aryl methyl sites for hydroxylation is 2. The maximum absolute atomic E-state index is 11.4. The molecule has 1 aliphatic rings. The Morgan fingerprint density at radius 3 is 2.74 bits per heavy atom. The standard InChI is InChI=1S/C28H32N4O3/c1-4-21-12-24-26(14-27(21)34-16-20-7-9-32(10-8-20)15-19(3)33)29-17-30-28(24)35-23-6-5-22-11-18(2)31-25(22)13-23/h5-6,11-14,17,20,31H,4,7-10,15-16H2,1-3H3. The molecule has 3 heterocycles. The number of likely N-dealkylation sites (tertiary alicyclic amines) is 1. The molecule has 1 saturated heterocycles. The van der Waals surface area contributed by atoms with Gasteiger partial charge in [-0.3, -0.25) is 9.69 Å². The number of aromatic nitrogens is 3. The van der Waals surface area contributed by atoms with Crippen LogP contribution in [-0.4, -0.2) is 51.9 Å². The third-order valence-corrected chi connectivity index (χ3v) is 6.73. The normalized spacial score (nSPS) is 15.1. The highest BCUT2D eigenvalue weighted by molar-refractivity contribution is 5.86. The first kappa shape index (κ1) is 23.3. The number of H-pyrrole nitrogens is 1. The molecule has 0 bridgehead atoms. The van der Waals surface area contributed by atoms with Crippen molar-refractivity contribution in [1.29, 1.82) is 0 Å². The van der Waals surface area contributed by atoms with Crippen LogP contribution in [0, 0.1) is 12.8 Å². The second-order valence-electron chi connectivity index (χ2n) is 9.55. The SMILES string of the molecule is CCc1cc2c(Oc3ccc4cc(C)[nH]c4c3)ncnc2cc1OCC1CCN(CC(C)=O)CC1. The average molecular weight is 473 g/mol. The van der Waals surface area contributed by atoms with Crippen molar-refractivity contribution in [2.75, 3.05) is 26.2 Å². The zero-order valence-electron chi connectivity index (χ0n) is 20.6. The Hall–Kier alpha value is -3.45. The number of nitrogens with one attached hydrogen (secondary N) is 1. The molecule has 2 aromatic heterocycles. The van der Waals surface area contributed by atoms with Crippen molar-refractivity contribution in [2.45, 2.75) is 40.0 Å². The average Bonchev–Trinajstić information content (AvgIpc) is 3.22. The minimum Gasteiger partial charge on any atom is -0.493 e. The Balaban J connectivity index is 1.32. The van der Waals surface area contributed by atoms with E-state index in [2.05, 4.69) is 38.9 Å². The van der Waals surface area contributed by atoms with Crippen LogP contribution >= 0.6 is 0 Å². The van der Waals surface area contributed by atoms with Crippen LogP contribution in [0.15, 0.2) is 42.7 Å². The summed E-state index contributed by atoms with van der Waals surface area (Å²) in [5, 5.41) is 2.03. The molecule has 1 aliphatic heterocycles. The number of ketones is 1. The van der Waals surface area contributed by atoms with E-state index in [-0.39, 0.29) is 5.78 Å². The Labute approximate surface area is 205 Å². The molecule has 2 aromatic carbocycles. The quantitative estimate of drug-likeness (QED) is 0.367. The molecule has 0 saturated carbocycles. The van der Waals surface area contributed by atoms with Crippen molar-refractivity contribution in [3.05, 3.63) is 54.0 Å².